The van der Waals surface area contributed by atoms with E-state index in [1.165, 1.54) is 11.1 Å². The molecule has 1 unspecified atom stereocenters. The Balaban J connectivity index is 2.55. The van der Waals surface area contributed by atoms with Crippen LogP contribution in [0, 0.1) is 13.8 Å². The van der Waals surface area contributed by atoms with E-state index in [1.54, 1.807) is 14.0 Å². The first-order chi connectivity index (χ1) is 9.93. The van der Waals surface area contributed by atoms with Gasteiger partial charge in [0.15, 0.2) is 0 Å². The summed E-state index contributed by atoms with van der Waals surface area (Å²) in [4.78, 5) is 2.09. The molecule has 0 bridgehead atoms. The molecule has 3 nitrogen and oxygen atoms in total. The monoisotopic (exact) mass is 285 g/mol. The van der Waals surface area contributed by atoms with Gasteiger partial charge in [0.1, 0.15) is 5.75 Å². The molecule has 2 rings (SSSR count). The molecule has 1 atom stereocenters. The van der Waals surface area contributed by atoms with E-state index in [4.69, 9.17) is 4.74 Å². The van der Waals surface area contributed by atoms with Crippen LogP contribution in [0.4, 0.5) is 11.4 Å². The molecule has 0 fully saturated rings. The van der Waals surface area contributed by atoms with Gasteiger partial charge >= 0.3 is 0 Å². The number of benzene rings is 2. The first-order valence-electron chi connectivity index (χ1n) is 7.11. The van der Waals surface area contributed by atoms with Crippen molar-refractivity contribution in [3.8, 4) is 5.75 Å². The van der Waals surface area contributed by atoms with Crippen LogP contribution < -0.4 is 9.64 Å². The maximum absolute atomic E-state index is 10.1. The van der Waals surface area contributed by atoms with Crippen molar-refractivity contribution < 1.29 is 9.84 Å². The summed E-state index contributed by atoms with van der Waals surface area (Å²) in [6, 6.07) is 12.2. The van der Waals surface area contributed by atoms with Gasteiger partial charge in [0.05, 0.1) is 18.9 Å². The second-order valence-corrected chi connectivity index (χ2v) is 5.47. The minimum atomic E-state index is -0.593. The molecule has 21 heavy (non-hydrogen) atoms. The summed E-state index contributed by atoms with van der Waals surface area (Å²) in [7, 11) is 3.64. The number of aryl methyl sites for hydroxylation is 2. The normalized spacial score (nSPS) is 12.1. The van der Waals surface area contributed by atoms with Crippen molar-refractivity contribution in [3.05, 3.63) is 53.1 Å². The van der Waals surface area contributed by atoms with E-state index in [0.29, 0.717) is 5.75 Å². The maximum atomic E-state index is 10.1. The number of nitrogens with zero attached hydrogens (tertiary/aromatic N) is 1. The third kappa shape index (κ3) is 3.19. The standard InChI is InChI=1S/C18H23NO2/c1-12-9-13(2)11-15(10-12)19(4)16-7-6-8-17(21-5)18(16)14(3)20/h6-11,14,20H,1-5H3. The predicted molar refractivity (Wildman–Crippen MR) is 87.6 cm³/mol. The molecule has 0 aliphatic carbocycles. The number of methoxy groups -OCH3 is 1. The lowest BCUT2D eigenvalue weighted by molar-refractivity contribution is 0.195. The Morgan fingerprint density at radius 1 is 1.10 bits per heavy atom. The number of hydrogen-bond acceptors (Lipinski definition) is 3. The zero-order valence-corrected chi connectivity index (χ0v) is 13.3. The van der Waals surface area contributed by atoms with Crippen LogP contribution in [0.15, 0.2) is 36.4 Å². The van der Waals surface area contributed by atoms with Crippen LogP contribution in [0.5, 0.6) is 5.75 Å². The summed E-state index contributed by atoms with van der Waals surface area (Å²) in [6.45, 7) is 5.94. The Kier molecular flexibility index (Phi) is 4.53. The highest BCUT2D eigenvalue weighted by Crippen LogP contribution is 2.37. The van der Waals surface area contributed by atoms with E-state index in [-0.39, 0.29) is 0 Å². The Morgan fingerprint density at radius 3 is 2.24 bits per heavy atom. The number of aliphatic hydroxyl groups is 1. The van der Waals surface area contributed by atoms with Gasteiger partial charge in [-0.3, -0.25) is 0 Å². The van der Waals surface area contributed by atoms with E-state index in [2.05, 4.69) is 36.9 Å². The molecule has 0 radical (unpaired) electrons. The Labute approximate surface area is 126 Å². The van der Waals surface area contributed by atoms with Crippen molar-refractivity contribution in [2.24, 2.45) is 0 Å². The van der Waals surface area contributed by atoms with Crippen LogP contribution in [-0.2, 0) is 0 Å². The third-order valence-electron chi connectivity index (χ3n) is 3.64. The lowest BCUT2D eigenvalue weighted by Crippen LogP contribution is -2.14. The van der Waals surface area contributed by atoms with Crippen LogP contribution in [0.2, 0.25) is 0 Å². The van der Waals surface area contributed by atoms with Gasteiger partial charge in [0.25, 0.3) is 0 Å². The lowest BCUT2D eigenvalue weighted by atomic mass is 10.0. The highest BCUT2D eigenvalue weighted by atomic mass is 16.5. The quantitative estimate of drug-likeness (QED) is 0.916. The van der Waals surface area contributed by atoms with Gasteiger partial charge < -0.3 is 14.7 Å². The number of anilines is 2. The Morgan fingerprint density at radius 2 is 1.71 bits per heavy atom. The molecular formula is C18H23NO2. The topological polar surface area (TPSA) is 32.7 Å². The maximum Gasteiger partial charge on any atom is 0.126 e. The van der Waals surface area contributed by atoms with Crippen LogP contribution in [0.25, 0.3) is 0 Å². The molecule has 112 valence electrons. The average molecular weight is 285 g/mol. The molecule has 2 aromatic carbocycles. The SMILES string of the molecule is COc1cccc(N(C)c2cc(C)cc(C)c2)c1C(C)O. The van der Waals surface area contributed by atoms with E-state index in [1.807, 2.05) is 25.2 Å². The minimum Gasteiger partial charge on any atom is -0.496 e. The average Bonchev–Trinajstić information content (AvgIpc) is 2.44. The minimum absolute atomic E-state index is 0.593. The van der Waals surface area contributed by atoms with Crippen LogP contribution in [0.1, 0.15) is 29.7 Å². The molecule has 0 heterocycles. The van der Waals surface area contributed by atoms with Crippen LogP contribution in [-0.4, -0.2) is 19.3 Å². The van der Waals surface area contributed by atoms with Crippen molar-refractivity contribution in [1.82, 2.24) is 0 Å². The molecular weight excluding hydrogens is 262 g/mol. The van der Waals surface area contributed by atoms with Gasteiger partial charge in [-0.15, -0.1) is 0 Å². The smallest absolute Gasteiger partial charge is 0.126 e. The number of aliphatic hydroxyl groups excluding tert-OH is 1. The summed E-state index contributed by atoms with van der Waals surface area (Å²) < 4.78 is 5.39. The summed E-state index contributed by atoms with van der Waals surface area (Å²) in [5.41, 5.74) is 5.30. The van der Waals surface area contributed by atoms with Gasteiger partial charge in [-0.1, -0.05) is 12.1 Å². The third-order valence-corrected chi connectivity index (χ3v) is 3.64. The largest absolute Gasteiger partial charge is 0.496 e. The van der Waals surface area contributed by atoms with Crippen molar-refractivity contribution in [1.29, 1.82) is 0 Å². The van der Waals surface area contributed by atoms with Gasteiger partial charge in [0.2, 0.25) is 0 Å². The lowest BCUT2D eigenvalue weighted by Gasteiger charge is -2.26. The molecule has 0 saturated heterocycles. The number of rotatable bonds is 4. The first-order valence-corrected chi connectivity index (χ1v) is 7.11. The molecule has 0 spiro atoms. The summed E-state index contributed by atoms with van der Waals surface area (Å²) in [5.74, 6) is 0.707. The summed E-state index contributed by atoms with van der Waals surface area (Å²) >= 11 is 0. The van der Waals surface area contributed by atoms with Gasteiger partial charge in [-0.2, -0.15) is 0 Å². The molecule has 0 aromatic heterocycles. The Hall–Kier alpha value is -2.00. The zero-order chi connectivity index (χ0) is 15.6. The molecule has 0 saturated carbocycles. The molecule has 1 N–H and O–H groups in total. The number of ether oxygens (including phenoxy) is 1. The van der Waals surface area contributed by atoms with E-state index in [9.17, 15) is 5.11 Å². The fourth-order valence-electron chi connectivity index (χ4n) is 2.71. The second kappa shape index (κ2) is 6.19. The molecule has 2 aromatic rings. The predicted octanol–water partition coefficient (Wildman–Crippen LogP) is 4.13. The van der Waals surface area contributed by atoms with Gasteiger partial charge in [-0.25, -0.2) is 0 Å². The van der Waals surface area contributed by atoms with E-state index >= 15 is 0 Å². The molecule has 3 heteroatoms. The van der Waals surface area contributed by atoms with Crippen molar-refractivity contribution in [2.75, 3.05) is 19.1 Å². The first kappa shape index (κ1) is 15.4. The summed E-state index contributed by atoms with van der Waals surface area (Å²) in [6.07, 6.45) is -0.593. The van der Waals surface area contributed by atoms with Crippen LogP contribution in [0.3, 0.4) is 0 Å². The molecule has 0 aliphatic heterocycles. The van der Waals surface area contributed by atoms with Gasteiger partial charge in [-0.05, 0) is 56.2 Å². The number of hydrogen-bond donors (Lipinski definition) is 1. The fraction of sp³-hybridized carbons (Fsp3) is 0.333. The zero-order valence-electron chi connectivity index (χ0n) is 13.3. The van der Waals surface area contributed by atoms with E-state index in [0.717, 1.165) is 16.9 Å². The van der Waals surface area contributed by atoms with E-state index < -0.39 is 6.10 Å². The highest BCUT2D eigenvalue weighted by Gasteiger charge is 2.17. The second-order valence-electron chi connectivity index (χ2n) is 5.47. The van der Waals surface area contributed by atoms with Crippen molar-refractivity contribution >= 4 is 11.4 Å². The summed E-state index contributed by atoms with van der Waals surface area (Å²) in [5, 5.41) is 10.1. The van der Waals surface area contributed by atoms with Crippen molar-refractivity contribution in [3.63, 3.8) is 0 Å². The highest BCUT2D eigenvalue weighted by molar-refractivity contribution is 5.69. The van der Waals surface area contributed by atoms with Gasteiger partial charge in [0, 0.05) is 18.3 Å². The fourth-order valence-corrected chi connectivity index (χ4v) is 2.71. The van der Waals surface area contributed by atoms with Crippen LogP contribution >= 0.6 is 0 Å². The molecule has 0 amide bonds. The Bertz CT molecular complexity index is 615. The molecule has 0 aliphatic rings. The van der Waals surface area contributed by atoms with Crippen molar-refractivity contribution in [2.45, 2.75) is 26.9 Å².